The molecule has 1 aliphatic heterocycles. The van der Waals surface area contributed by atoms with Crippen molar-refractivity contribution in [2.45, 2.75) is 19.3 Å². The second-order valence-electron chi connectivity index (χ2n) is 5.65. The van der Waals surface area contributed by atoms with Gasteiger partial charge in [-0.25, -0.2) is 9.99 Å². The van der Waals surface area contributed by atoms with E-state index in [1.165, 1.54) is 28.5 Å². The third kappa shape index (κ3) is 3.88. The van der Waals surface area contributed by atoms with E-state index >= 15 is 0 Å². The SMILES string of the molecule is COC(=O)CCC(=O)N1CCCN1C(=O)c1csc(-c2cccnc2)n1. The Kier molecular flexibility index (Phi) is 5.57. The molecular formula is C17H18N4O4S. The largest absolute Gasteiger partial charge is 0.469 e. The van der Waals surface area contributed by atoms with Crippen LogP contribution in [0.2, 0.25) is 0 Å². The van der Waals surface area contributed by atoms with Gasteiger partial charge in [0.05, 0.1) is 13.5 Å². The van der Waals surface area contributed by atoms with Gasteiger partial charge in [0.2, 0.25) is 5.91 Å². The summed E-state index contributed by atoms with van der Waals surface area (Å²) in [5.74, 6) is -1.04. The van der Waals surface area contributed by atoms with Crippen LogP contribution in [0.15, 0.2) is 29.9 Å². The number of pyridine rings is 1. The van der Waals surface area contributed by atoms with E-state index in [2.05, 4.69) is 14.7 Å². The Morgan fingerprint density at radius 2 is 2.04 bits per heavy atom. The van der Waals surface area contributed by atoms with Crippen molar-refractivity contribution in [3.8, 4) is 10.6 Å². The average Bonchev–Trinajstić information content (AvgIpc) is 3.35. The monoisotopic (exact) mass is 374 g/mol. The second-order valence-corrected chi connectivity index (χ2v) is 6.51. The summed E-state index contributed by atoms with van der Waals surface area (Å²) >= 11 is 1.35. The van der Waals surface area contributed by atoms with Crippen molar-refractivity contribution in [2.75, 3.05) is 20.2 Å². The van der Waals surface area contributed by atoms with Crippen LogP contribution in [-0.2, 0) is 14.3 Å². The zero-order valence-corrected chi connectivity index (χ0v) is 15.1. The van der Waals surface area contributed by atoms with Gasteiger partial charge in [0.15, 0.2) is 0 Å². The fourth-order valence-electron chi connectivity index (χ4n) is 2.65. The zero-order valence-electron chi connectivity index (χ0n) is 14.3. The summed E-state index contributed by atoms with van der Waals surface area (Å²) in [7, 11) is 1.28. The van der Waals surface area contributed by atoms with Crippen molar-refractivity contribution in [1.82, 2.24) is 20.0 Å². The fraction of sp³-hybridized carbons (Fsp3) is 0.353. The molecule has 3 heterocycles. The van der Waals surface area contributed by atoms with Crippen molar-refractivity contribution in [3.63, 3.8) is 0 Å². The van der Waals surface area contributed by atoms with Crippen LogP contribution in [0.25, 0.3) is 10.6 Å². The number of hydrogen-bond acceptors (Lipinski definition) is 7. The molecule has 0 spiro atoms. The van der Waals surface area contributed by atoms with Gasteiger partial charge in [-0.05, 0) is 18.6 Å². The summed E-state index contributed by atoms with van der Waals surface area (Å²) in [6.45, 7) is 0.897. The number of esters is 1. The molecule has 2 aromatic heterocycles. The Morgan fingerprint density at radius 3 is 2.77 bits per heavy atom. The number of hydrogen-bond donors (Lipinski definition) is 0. The average molecular weight is 374 g/mol. The van der Waals surface area contributed by atoms with Crippen LogP contribution in [0.1, 0.15) is 29.8 Å². The quantitative estimate of drug-likeness (QED) is 0.740. The van der Waals surface area contributed by atoms with Gasteiger partial charge in [-0.15, -0.1) is 11.3 Å². The molecule has 0 unspecified atom stereocenters. The maximum absolute atomic E-state index is 12.8. The highest BCUT2D eigenvalue weighted by molar-refractivity contribution is 7.13. The molecule has 2 amide bonds. The molecule has 1 aliphatic rings. The number of carbonyl (C=O) groups excluding carboxylic acids is 3. The first-order chi connectivity index (χ1) is 12.6. The summed E-state index contributed by atoms with van der Waals surface area (Å²) < 4.78 is 4.55. The molecule has 1 saturated heterocycles. The van der Waals surface area contributed by atoms with Crippen LogP contribution >= 0.6 is 11.3 Å². The second kappa shape index (κ2) is 8.05. The molecule has 136 valence electrons. The fourth-order valence-corrected chi connectivity index (χ4v) is 3.43. The summed E-state index contributed by atoms with van der Waals surface area (Å²) in [6.07, 6.45) is 4.05. The van der Waals surface area contributed by atoms with Gasteiger partial charge in [0, 0.05) is 42.8 Å². The Bertz CT molecular complexity index is 808. The van der Waals surface area contributed by atoms with Crippen molar-refractivity contribution in [2.24, 2.45) is 0 Å². The van der Waals surface area contributed by atoms with Gasteiger partial charge >= 0.3 is 5.97 Å². The van der Waals surface area contributed by atoms with E-state index in [-0.39, 0.29) is 24.7 Å². The molecule has 9 heteroatoms. The molecule has 3 rings (SSSR count). The first-order valence-electron chi connectivity index (χ1n) is 8.15. The van der Waals surface area contributed by atoms with Gasteiger partial charge < -0.3 is 4.74 Å². The van der Waals surface area contributed by atoms with Gasteiger partial charge in [0.25, 0.3) is 5.91 Å². The van der Waals surface area contributed by atoms with E-state index in [9.17, 15) is 14.4 Å². The van der Waals surface area contributed by atoms with Crippen molar-refractivity contribution < 1.29 is 19.1 Å². The molecule has 0 N–H and O–H groups in total. The van der Waals surface area contributed by atoms with Gasteiger partial charge in [-0.1, -0.05) is 0 Å². The molecular weight excluding hydrogens is 356 g/mol. The Balaban J connectivity index is 1.69. The minimum absolute atomic E-state index is 0.00425. The normalized spacial score (nSPS) is 13.7. The maximum Gasteiger partial charge on any atom is 0.306 e. The smallest absolute Gasteiger partial charge is 0.306 e. The molecule has 1 fully saturated rings. The van der Waals surface area contributed by atoms with Crippen LogP contribution in [-0.4, -0.2) is 58.0 Å². The van der Waals surface area contributed by atoms with E-state index in [0.717, 1.165) is 5.56 Å². The van der Waals surface area contributed by atoms with E-state index in [4.69, 9.17) is 0 Å². The molecule has 0 bridgehead atoms. The number of rotatable bonds is 5. The van der Waals surface area contributed by atoms with Crippen LogP contribution in [0, 0.1) is 0 Å². The molecule has 0 radical (unpaired) electrons. The number of thiazole rings is 1. The standard InChI is InChI=1S/C17H18N4O4S/c1-25-15(23)6-5-14(22)20-8-3-9-21(20)17(24)13-11-26-16(19-13)12-4-2-7-18-10-12/h2,4,7,10-11H,3,5-6,8-9H2,1H3. The van der Waals surface area contributed by atoms with Crippen LogP contribution in [0.5, 0.6) is 0 Å². The van der Waals surface area contributed by atoms with E-state index in [1.54, 1.807) is 23.8 Å². The topological polar surface area (TPSA) is 92.7 Å². The third-order valence-corrected chi connectivity index (χ3v) is 4.85. The number of aromatic nitrogens is 2. The number of hydrazine groups is 1. The first-order valence-corrected chi connectivity index (χ1v) is 9.03. The van der Waals surface area contributed by atoms with Crippen LogP contribution < -0.4 is 0 Å². The molecule has 26 heavy (non-hydrogen) atoms. The van der Waals surface area contributed by atoms with E-state index in [0.29, 0.717) is 30.2 Å². The predicted octanol–water partition coefficient (Wildman–Crippen LogP) is 1.75. The summed E-state index contributed by atoms with van der Waals surface area (Å²) in [4.78, 5) is 44.8. The summed E-state index contributed by atoms with van der Waals surface area (Å²) in [5.41, 5.74) is 1.13. The summed E-state index contributed by atoms with van der Waals surface area (Å²) in [5, 5.41) is 5.18. The highest BCUT2D eigenvalue weighted by Gasteiger charge is 2.32. The third-order valence-electron chi connectivity index (χ3n) is 3.96. The lowest BCUT2D eigenvalue weighted by molar-refractivity contribution is -0.146. The lowest BCUT2D eigenvalue weighted by atomic mass is 10.3. The van der Waals surface area contributed by atoms with Gasteiger partial charge in [0.1, 0.15) is 10.7 Å². The van der Waals surface area contributed by atoms with Crippen molar-refractivity contribution in [3.05, 3.63) is 35.6 Å². The highest BCUT2D eigenvalue weighted by atomic mass is 32.1. The number of methoxy groups -OCH3 is 1. The minimum atomic E-state index is -0.448. The van der Waals surface area contributed by atoms with Gasteiger partial charge in [-0.3, -0.25) is 24.4 Å². The molecule has 0 aromatic carbocycles. The molecule has 8 nitrogen and oxygen atoms in total. The number of nitrogens with zero attached hydrogens (tertiary/aromatic N) is 4. The van der Waals surface area contributed by atoms with Gasteiger partial charge in [-0.2, -0.15) is 0 Å². The Labute approximate surface area is 154 Å². The number of carbonyl (C=O) groups is 3. The molecule has 0 saturated carbocycles. The van der Waals surface area contributed by atoms with Crippen LogP contribution in [0.3, 0.4) is 0 Å². The van der Waals surface area contributed by atoms with Crippen LogP contribution in [0.4, 0.5) is 0 Å². The maximum atomic E-state index is 12.8. The lowest BCUT2D eigenvalue weighted by Gasteiger charge is -2.27. The number of amides is 2. The highest BCUT2D eigenvalue weighted by Crippen LogP contribution is 2.24. The lowest BCUT2D eigenvalue weighted by Crippen LogP contribution is -2.45. The van der Waals surface area contributed by atoms with E-state index < -0.39 is 5.97 Å². The Hall–Kier alpha value is -2.81. The number of ether oxygens (including phenoxy) is 1. The van der Waals surface area contributed by atoms with Crippen molar-refractivity contribution >= 4 is 29.1 Å². The molecule has 2 aromatic rings. The Morgan fingerprint density at radius 1 is 1.23 bits per heavy atom. The summed E-state index contributed by atoms with van der Waals surface area (Å²) in [6, 6.07) is 3.68. The van der Waals surface area contributed by atoms with E-state index in [1.807, 2.05) is 6.07 Å². The van der Waals surface area contributed by atoms with Crippen molar-refractivity contribution in [1.29, 1.82) is 0 Å². The molecule has 0 aliphatic carbocycles. The first kappa shape index (κ1) is 18.0. The molecule has 0 atom stereocenters. The minimum Gasteiger partial charge on any atom is -0.469 e. The zero-order chi connectivity index (χ0) is 18.5. The predicted molar refractivity (Wildman–Crippen MR) is 94.0 cm³/mol.